The standard InChI is InChI=1S/C11H14N2O3/c1-7(12)10(14)13(2)9-6-4-3-5-8(9)11(15)16/h3-7H,12H2,1-2H3,(H,15,16). The number of carboxylic acids is 1. The molecule has 0 radical (unpaired) electrons. The second-order valence-corrected chi connectivity index (χ2v) is 3.51. The highest BCUT2D eigenvalue weighted by Gasteiger charge is 2.19. The topological polar surface area (TPSA) is 83.6 Å². The van der Waals surface area contributed by atoms with Crippen LogP contribution >= 0.6 is 0 Å². The van der Waals surface area contributed by atoms with Crippen molar-refractivity contribution in [2.75, 3.05) is 11.9 Å². The number of para-hydroxylation sites is 1. The summed E-state index contributed by atoms with van der Waals surface area (Å²) < 4.78 is 0. The Hall–Kier alpha value is -1.88. The number of benzene rings is 1. The van der Waals surface area contributed by atoms with Crippen molar-refractivity contribution in [2.45, 2.75) is 13.0 Å². The Bertz CT molecular complexity index is 415. The lowest BCUT2D eigenvalue weighted by Gasteiger charge is -2.20. The van der Waals surface area contributed by atoms with Crippen molar-refractivity contribution in [1.82, 2.24) is 0 Å². The number of aromatic carboxylic acids is 1. The van der Waals surface area contributed by atoms with Crippen molar-refractivity contribution in [3.63, 3.8) is 0 Å². The first-order valence-corrected chi connectivity index (χ1v) is 4.80. The van der Waals surface area contributed by atoms with Crippen LogP contribution in [0.2, 0.25) is 0 Å². The summed E-state index contributed by atoms with van der Waals surface area (Å²) >= 11 is 0. The van der Waals surface area contributed by atoms with E-state index in [4.69, 9.17) is 10.8 Å². The maximum atomic E-state index is 11.6. The average molecular weight is 222 g/mol. The van der Waals surface area contributed by atoms with E-state index in [1.54, 1.807) is 25.1 Å². The zero-order valence-electron chi connectivity index (χ0n) is 9.18. The number of nitrogens with zero attached hydrogens (tertiary/aromatic N) is 1. The number of carbonyl (C=O) groups is 2. The molecule has 0 saturated carbocycles. The number of rotatable bonds is 3. The highest BCUT2D eigenvalue weighted by Crippen LogP contribution is 2.19. The molecule has 0 heterocycles. The molecule has 0 fully saturated rings. The van der Waals surface area contributed by atoms with E-state index >= 15 is 0 Å². The van der Waals surface area contributed by atoms with Crippen molar-refractivity contribution in [3.8, 4) is 0 Å². The van der Waals surface area contributed by atoms with Crippen LogP contribution in [0.3, 0.4) is 0 Å². The van der Waals surface area contributed by atoms with Crippen LogP contribution in [0, 0.1) is 0 Å². The minimum absolute atomic E-state index is 0.0824. The molecule has 1 unspecified atom stereocenters. The largest absolute Gasteiger partial charge is 0.478 e. The van der Waals surface area contributed by atoms with Gasteiger partial charge in [0.25, 0.3) is 0 Å². The van der Waals surface area contributed by atoms with E-state index in [1.165, 1.54) is 18.0 Å². The van der Waals surface area contributed by atoms with Crippen LogP contribution in [0.1, 0.15) is 17.3 Å². The summed E-state index contributed by atoms with van der Waals surface area (Å²) in [6.07, 6.45) is 0. The molecule has 1 aromatic rings. The molecule has 5 nitrogen and oxygen atoms in total. The van der Waals surface area contributed by atoms with Gasteiger partial charge in [0.15, 0.2) is 0 Å². The van der Waals surface area contributed by atoms with Gasteiger partial charge in [0, 0.05) is 7.05 Å². The molecule has 86 valence electrons. The zero-order valence-corrected chi connectivity index (χ0v) is 9.18. The number of hydrogen-bond acceptors (Lipinski definition) is 3. The molecule has 0 aromatic heterocycles. The maximum absolute atomic E-state index is 11.6. The molecule has 16 heavy (non-hydrogen) atoms. The van der Waals surface area contributed by atoms with E-state index in [9.17, 15) is 9.59 Å². The van der Waals surface area contributed by atoms with Gasteiger partial charge in [-0.05, 0) is 19.1 Å². The Morgan fingerprint density at radius 2 is 1.94 bits per heavy atom. The van der Waals surface area contributed by atoms with Gasteiger partial charge in [0.1, 0.15) is 0 Å². The lowest BCUT2D eigenvalue weighted by Crippen LogP contribution is -2.40. The minimum Gasteiger partial charge on any atom is -0.478 e. The molecular weight excluding hydrogens is 208 g/mol. The number of nitrogens with two attached hydrogens (primary N) is 1. The van der Waals surface area contributed by atoms with Crippen LogP contribution in [0.25, 0.3) is 0 Å². The summed E-state index contributed by atoms with van der Waals surface area (Å²) in [5.41, 5.74) is 5.89. The molecule has 1 amide bonds. The number of hydrogen-bond donors (Lipinski definition) is 2. The van der Waals surface area contributed by atoms with E-state index in [0.29, 0.717) is 5.69 Å². The van der Waals surface area contributed by atoms with Gasteiger partial charge in [0.05, 0.1) is 17.3 Å². The lowest BCUT2D eigenvalue weighted by atomic mass is 10.1. The Labute approximate surface area is 93.5 Å². The van der Waals surface area contributed by atoms with Gasteiger partial charge in [-0.2, -0.15) is 0 Å². The molecule has 0 aliphatic heterocycles. The fraction of sp³-hybridized carbons (Fsp3) is 0.273. The molecule has 0 spiro atoms. The molecule has 0 bridgehead atoms. The van der Waals surface area contributed by atoms with E-state index in [2.05, 4.69) is 0 Å². The summed E-state index contributed by atoms with van der Waals surface area (Å²) in [4.78, 5) is 23.8. The minimum atomic E-state index is -1.07. The first-order chi connectivity index (χ1) is 7.45. The number of likely N-dealkylation sites (N-methyl/N-ethyl adjacent to an activating group) is 1. The molecule has 5 heteroatoms. The number of anilines is 1. The first kappa shape index (κ1) is 12.2. The van der Waals surface area contributed by atoms with Gasteiger partial charge in [0.2, 0.25) is 5.91 Å². The normalized spacial score (nSPS) is 11.9. The molecule has 3 N–H and O–H groups in total. The molecule has 0 aliphatic rings. The second kappa shape index (κ2) is 4.76. The smallest absolute Gasteiger partial charge is 0.337 e. The summed E-state index contributed by atoms with van der Waals surface area (Å²) in [5.74, 6) is -1.39. The number of amides is 1. The maximum Gasteiger partial charge on any atom is 0.337 e. The van der Waals surface area contributed by atoms with E-state index in [-0.39, 0.29) is 11.5 Å². The highest BCUT2D eigenvalue weighted by atomic mass is 16.4. The van der Waals surface area contributed by atoms with Crippen LogP contribution in [-0.2, 0) is 4.79 Å². The monoisotopic (exact) mass is 222 g/mol. The quantitative estimate of drug-likeness (QED) is 0.788. The van der Waals surface area contributed by atoms with Crippen molar-refractivity contribution >= 4 is 17.6 Å². The molecule has 0 aliphatic carbocycles. The third kappa shape index (κ3) is 2.38. The van der Waals surface area contributed by atoms with Crippen LogP contribution in [0.15, 0.2) is 24.3 Å². The van der Waals surface area contributed by atoms with Crippen LogP contribution in [0.5, 0.6) is 0 Å². The SMILES string of the molecule is CC(N)C(=O)N(C)c1ccccc1C(=O)O. The predicted molar refractivity (Wildman–Crippen MR) is 60.5 cm³/mol. The molecule has 1 atom stereocenters. The predicted octanol–water partition coefficient (Wildman–Crippen LogP) is 0.695. The third-order valence-electron chi connectivity index (χ3n) is 2.22. The summed E-state index contributed by atoms with van der Waals surface area (Å²) in [5, 5.41) is 8.97. The van der Waals surface area contributed by atoms with Gasteiger partial charge < -0.3 is 15.7 Å². The van der Waals surface area contributed by atoms with Gasteiger partial charge in [-0.25, -0.2) is 4.79 Å². The van der Waals surface area contributed by atoms with Gasteiger partial charge in [-0.15, -0.1) is 0 Å². The Balaban J connectivity index is 3.13. The molecule has 1 aromatic carbocycles. The van der Waals surface area contributed by atoms with E-state index < -0.39 is 12.0 Å². The van der Waals surface area contributed by atoms with Crippen molar-refractivity contribution < 1.29 is 14.7 Å². The third-order valence-corrected chi connectivity index (χ3v) is 2.22. The van der Waals surface area contributed by atoms with Gasteiger partial charge in [-0.1, -0.05) is 12.1 Å². The molecule has 0 saturated heterocycles. The van der Waals surface area contributed by atoms with E-state index in [0.717, 1.165) is 0 Å². The summed E-state index contributed by atoms with van der Waals surface area (Å²) in [7, 11) is 1.51. The Morgan fingerprint density at radius 1 is 1.38 bits per heavy atom. The van der Waals surface area contributed by atoms with Crippen LogP contribution in [-0.4, -0.2) is 30.1 Å². The Kier molecular flexibility index (Phi) is 3.63. The average Bonchev–Trinajstić information content (AvgIpc) is 2.26. The van der Waals surface area contributed by atoms with Gasteiger partial charge >= 0.3 is 5.97 Å². The summed E-state index contributed by atoms with van der Waals surface area (Å²) in [6.45, 7) is 1.56. The van der Waals surface area contributed by atoms with Gasteiger partial charge in [-0.3, -0.25) is 4.79 Å². The van der Waals surface area contributed by atoms with Crippen LogP contribution in [0.4, 0.5) is 5.69 Å². The van der Waals surface area contributed by atoms with Crippen LogP contribution < -0.4 is 10.6 Å². The second-order valence-electron chi connectivity index (χ2n) is 3.51. The molecule has 1 rings (SSSR count). The fourth-order valence-electron chi connectivity index (χ4n) is 1.37. The van der Waals surface area contributed by atoms with Crippen molar-refractivity contribution in [2.24, 2.45) is 5.73 Å². The lowest BCUT2D eigenvalue weighted by molar-refractivity contribution is -0.119. The zero-order chi connectivity index (χ0) is 12.3. The highest BCUT2D eigenvalue weighted by molar-refractivity contribution is 6.03. The van der Waals surface area contributed by atoms with E-state index in [1.807, 2.05) is 0 Å². The number of carbonyl (C=O) groups excluding carboxylic acids is 1. The summed E-state index contributed by atoms with van der Waals surface area (Å²) in [6, 6.07) is 5.64. The fourth-order valence-corrected chi connectivity index (χ4v) is 1.37. The molecular formula is C11H14N2O3. The first-order valence-electron chi connectivity index (χ1n) is 4.80. The van der Waals surface area contributed by atoms with Crippen molar-refractivity contribution in [3.05, 3.63) is 29.8 Å². The van der Waals surface area contributed by atoms with Crippen molar-refractivity contribution in [1.29, 1.82) is 0 Å². The number of carboxylic acid groups (broad SMARTS) is 1. The Morgan fingerprint density at radius 3 is 2.44 bits per heavy atom.